The Labute approximate surface area is 107 Å². The molecule has 1 N–H and O–H groups in total. The van der Waals surface area contributed by atoms with Gasteiger partial charge in [-0.3, -0.25) is 4.79 Å². The number of hydrogen-bond donors (Lipinski definition) is 1. The standard InChI is InChI=1S/C11H19NO5S/c1-17-8-11(5-6-11)18(15,16)12-7-3-2-4-9(12)10(13)14/h9H,2-8H2,1H3,(H,13,14). The Bertz CT molecular complexity index is 429. The van der Waals surface area contributed by atoms with Crippen molar-refractivity contribution in [2.45, 2.75) is 42.9 Å². The maximum atomic E-state index is 12.6. The first-order chi connectivity index (χ1) is 8.44. The van der Waals surface area contributed by atoms with Gasteiger partial charge in [0.05, 0.1) is 6.61 Å². The summed E-state index contributed by atoms with van der Waals surface area (Å²) in [5.74, 6) is -1.05. The summed E-state index contributed by atoms with van der Waals surface area (Å²) in [5, 5.41) is 9.15. The van der Waals surface area contributed by atoms with E-state index in [2.05, 4.69) is 0 Å². The summed E-state index contributed by atoms with van der Waals surface area (Å²) in [7, 11) is -2.11. The molecule has 104 valence electrons. The molecule has 0 aromatic carbocycles. The predicted octanol–water partition coefficient (Wildman–Crippen LogP) is 0.434. The summed E-state index contributed by atoms with van der Waals surface area (Å²) in [6, 6.07) is -0.905. The summed E-state index contributed by atoms with van der Waals surface area (Å²) in [6.45, 7) is 0.461. The zero-order valence-corrected chi connectivity index (χ0v) is 11.3. The number of sulfonamides is 1. The van der Waals surface area contributed by atoms with Crippen molar-refractivity contribution >= 4 is 16.0 Å². The zero-order valence-electron chi connectivity index (χ0n) is 10.5. The highest BCUT2D eigenvalue weighted by Crippen LogP contribution is 2.46. The van der Waals surface area contributed by atoms with Gasteiger partial charge >= 0.3 is 5.97 Å². The van der Waals surface area contributed by atoms with Crippen molar-refractivity contribution in [1.82, 2.24) is 4.31 Å². The largest absolute Gasteiger partial charge is 0.480 e. The molecule has 1 aliphatic carbocycles. The van der Waals surface area contributed by atoms with Crippen molar-refractivity contribution in [3.63, 3.8) is 0 Å². The van der Waals surface area contributed by atoms with Crippen LogP contribution in [0.2, 0.25) is 0 Å². The molecule has 7 heteroatoms. The summed E-state index contributed by atoms with van der Waals surface area (Å²) in [5.41, 5.74) is 0. The number of carboxylic acid groups (broad SMARTS) is 1. The van der Waals surface area contributed by atoms with Crippen LogP contribution in [0.1, 0.15) is 32.1 Å². The van der Waals surface area contributed by atoms with Crippen LogP contribution in [0.15, 0.2) is 0 Å². The fraction of sp³-hybridized carbons (Fsp3) is 0.909. The number of nitrogens with zero attached hydrogens (tertiary/aromatic N) is 1. The topological polar surface area (TPSA) is 83.9 Å². The van der Waals surface area contributed by atoms with Crippen LogP contribution in [0, 0.1) is 0 Å². The highest BCUT2D eigenvalue weighted by atomic mass is 32.2. The van der Waals surface area contributed by atoms with Crippen LogP contribution < -0.4 is 0 Å². The normalized spacial score (nSPS) is 27.9. The number of piperidine rings is 1. The van der Waals surface area contributed by atoms with Crippen LogP contribution in [-0.4, -0.2) is 54.8 Å². The van der Waals surface area contributed by atoms with Crippen LogP contribution >= 0.6 is 0 Å². The van der Waals surface area contributed by atoms with Crippen molar-refractivity contribution in [3.05, 3.63) is 0 Å². The Morgan fingerprint density at radius 2 is 2.11 bits per heavy atom. The minimum absolute atomic E-state index is 0.151. The first kappa shape index (κ1) is 13.8. The SMILES string of the molecule is COCC1(S(=O)(=O)N2CCCCC2C(=O)O)CC1. The third-order valence-corrected chi connectivity index (χ3v) is 6.48. The molecule has 6 nitrogen and oxygen atoms in total. The van der Waals surface area contributed by atoms with Crippen LogP contribution in [0.4, 0.5) is 0 Å². The molecule has 1 aliphatic heterocycles. The van der Waals surface area contributed by atoms with Gasteiger partial charge in [-0.2, -0.15) is 4.31 Å². The fourth-order valence-electron chi connectivity index (χ4n) is 2.57. The average Bonchev–Trinajstić information content (AvgIpc) is 3.11. The Morgan fingerprint density at radius 3 is 2.61 bits per heavy atom. The molecule has 2 aliphatic rings. The van der Waals surface area contributed by atoms with Crippen LogP contribution in [0.3, 0.4) is 0 Å². The Hall–Kier alpha value is -0.660. The first-order valence-electron chi connectivity index (χ1n) is 6.18. The van der Waals surface area contributed by atoms with Crippen LogP contribution in [-0.2, 0) is 19.6 Å². The summed E-state index contributed by atoms with van der Waals surface area (Å²) in [4.78, 5) is 11.2. The predicted molar refractivity (Wildman–Crippen MR) is 64.7 cm³/mol. The molecule has 1 atom stereocenters. The third kappa shape index (κ3) is 2.15. The molecule has 0 aromatic heterocycles. The molecular formula is C11H19NO5S. The van der Waals surface area contributed by atoms with E-state index in [4.69, 9.17) is 9.84 Å². The third-order valence-electron chi connectivity index (χ3n) is 3.81. The van der Waals surface area contributed by atoms with Crippen molar-refractivity contribution in [3.8, 4) is 0 Å². The highest BCUT2D eigenvalue weighted by Gasteiger charge is 2.58. The molecule has 1 unspecified atom stereocenters. The number of aliphatic carboxylic acids is 1. The number of methoxy groups -OCH3 is 1. The Balaban J connectivity index is 2.25. The molecule has 1 saturated carbocycles. The van der Waals surface area contributed by atoms with E-state index >= 15 is 0 Å². The number of carboxylic acids is 1. The molecule has 1 saturated heterocycles. The number of rotatable bonds is 5. The lowest BCUT2D eigenvalue weighted by Gasteiger charge is -2.34. The second kappa shape index (κ2) is 4.79. The Morgan fingerprint density at radius 1 is 1.44 bits per heavy atom. The maximum absolute atomic E-state index is 12.6. The van der Waals surface area contributed by atoms with E-state index in [0.29, 0.717) is 25.8 Å². The average molecular weight is 277 g/mol. The highest BCUT2D eigenvalue weighted by molar-refractivity contribution is 7.90. The van der Waals surface area contributed by atoms with Gasteiger partial charge in [0.2, 0.25) is 10.0 Å². The van der Waals surface area contributed by atoms with Crippen molar-refractivity contribution < 1.29 is 23.1 Å². The summed E-state index contributed by atoms with van der Waals surface area (Å²) < 4.78 is 30.4. The van der Waals surface area contributed by atoms with Crippen molar-refractivity contribution in [2.24, 2.45) is 0 Å². The minimum Gasteiger partial charge on any atom is -0.480 e. The minimum atomic E-state index is -3.58. The van der Waals surface area contributed by atoms with E-state index in [1.807, 2.05) is 0 Å². The van der Waals surface area contributed by atoms with Gasteiger partial charge < -0.3 is 9.84 Å². The van der Waals surface area contributed by atoms with Crippen molar-refractivity contribution in [2.75, 3.05) is 20.3 Å². The van der Waals surface area contributed by atoms with E-state index in [0.717, 1.165) is 12.8 Å². The van der Waals surface area contributed by atoms with Crippen LogP contribution in [0.25, 0.3) is 0 Å². The molecule has 2 fully saturated rings. The van der Waals surface area contributed by atoms with Gasteiger partial charge in [-0.05, 0) is 32.1 Å². The van der Waals surface area contributed by atoms with Gasteiger partial charge in [-0.25, -0.2) is 8.42 Å². The van der Waals surface area contributed by atoms with E-state index in [1.54, 1.807) is 0 Å². The molecule has 1 heterocycles. The second-order valence-electron chi connectivity index (χ2n) is 5.08. The zero-order chi connectivity index (χ0) is 13.4. The number of carbonyl (C=O) groups is 1. The maximum Gasteiger partial charge on any atom is 0.322 e. The molecule has 0 amide bonds. The lowest BCUT2D eigenvalue weighted by molar-refractivity contribution is -0.142. The lowest BCUT2D eigenvalue weighted by Crippen LogP contribution is -2.52. The van der Waals surface area contributed by atoms with Crippen molar-refractivity contribution in [1.29, 1.82) is 0 Å². The van der Waals surface area contributed by atoms with Gasteiger partial charge in [0.15, 0.2) is 0 Å². The van der Waals surface area contributed by atoms with Gasteiger partial charge in [0, 0.05) is 13.7 Å². The quantitative estimate of drug-likeness (QED) is 0.788. The first-order valence-corrected chi connectivity index (χ1v) is 7.62. The second-order valence-corrected chi connectivity index (χ2v) is 7.37. The Kier molecular flexibility index (Phi) is 3.66. The molecule has 0 aromatic rings. The molecule has 0 radical (unpaired) electrons. The van der Waals surface area contributed by atoms with Gasteiger partial charge in [0.1, 0.15) is 10.8 Å². The van der Waals surface area contributed by atoms with E-state index in [-0.39, 0.29) is 6.61 Å². The van der Waals surface area contributed by atoms with Gasteiger partial charge in [-0.15, -0.1) is 0 Å². The smallest absolute Gasteiger partial charge is 0.322 e. The van der Waals surface area contributed by atoms with Gasteiger partial charge in [-0.1, -0.05) is 0 Å². The fourth-order valence-corrected chi connectivity index (χ4v) is 4.85. The van der Waals surface area contributed by atoms with E-state index < -0.39 is 26.8 Å². The van der Waals surface area contributed by atoms with E-state index in [1.165, 1.54) is 11.4 Å². The molecule has 2 rings (SSSR count). The monoisotopic (exact) mass is 277 g/mol. The molecular weight excluding hydrogens is 258 g/mol. The number of hydrogen-bond acceptors (Lipinski definition) is 4. The van der Waals surface area contributed by atoms with Crippen LogP contribution in [0.5, 0.6) is 0 Å². The summed E-state index contributed by atoms with van der Waals surface area (Å²) in [6.07, 6.45) is 3.02. The lowest BCUT2D eigenvalue weighted by atomic mass is 10.1. The van der Waals surface area contributed by atoms with Gasteiger partial charge in [0.25, 0.3) is 0 Å². The van der Waals surface area contributed by atoms with E-state index in [9.17, 15) is 13.2 Å². The summed E-state index contributed by atoms with van der Waals surface area (Å²) >= 11 is 0. The molecule has 18 heavy (non-hydrogen) atoms. The molecule has 0 spiro atoms. The molecule has 0 bridgehead atoms. The number of ether oxygens (including phenoxy) is 1.